The van der Waals surface area contributed by atoms with Gasteiger partial charge in [-0.05, 0) is 194 Å². The highest BCUT2D eigenvalue weighted by Gasteiger charge is 2.52. The number of rotatable bonds is 22. The number of anilines is 1. The number of nitrogens with zero attached hydrogens (tertiary/aromatic N) is 8. The number of carbonyl (C=O) groups excluding carboxylic acids is 2. The highest BCUT2D eigenvalue weighted by Crippen LogP contribution is 2.54. The van der Waals surface area contributed by atoms with Crippen LogP contribution in [0.2, 0.25) is 0 Å². The van der Waals surface area contributed by atoms with Crippen molar-refractivity contribution in [3.05, 3.63) is 92.9 Å². The Labute approximate surface area is 624 Å². The van der Waals surface area contributed by atoms with E-state index in [2.05, 4.69) is 187 Å². The summed E-state index contributed by atoms with van der Waals surface area (Å²) in [6.07, 6.45) is 21.8. The highest BCUT2D eigenvalue weighted by atomic mass is 127. The van der Waals surface area contributed by atoms with Gasteiger partial charge in [-0.2, -0.15) is 21.4 Å². The van der Waals surface area contributed by atoms with Crippen molar-refractivity contribution in [2.75, 3.05) is 180 Å². The summed E-state index contributed by atoms with van der Waals surface area (Å²) < 4.78 is 83.5. The number of hydrogen-bond donors (Lipinski definition) is 4. The molecule has 4 N–H and O–H groups in total. The fourth-order valence-electron chi connectivity index (χ4n) is 16.4. The first kappa shape index (κ1) is 73.5. The molecule has 502 valence electrons. The third-order valence-electron chi connectivity index (χ3n) is 22.2. The van der Waals surface area contributed by atoms with E-state index in [1.54, 1.807) is 4.58 Å². The van der Waals surface area contributed by atoms with E-state index >= 15 is 0 Å². The third kappa shape index (κ3) is 17.3. The van der Waals surface area contributed by atoms with Crippen LogP contribution < -0.4 is 15.5 Å². The molecule has 91 heavy (non-hydrogen) atoms. The van der Waals surface area contributed by atoms with Crippen LogP contribution in [0.15, 0.2) is 60.4 Å². The van der Waals surface area contributed by atoms with Crippen LogP contribution in [-0.2, 0) is 40.7 Å². The zero-order valence-corrected chi connectivity index (χ0v) is 67.7. The average Bonchev–Trinajstić information content (AvgIpc) is 1.59. The molecule has 6 fully saturated rings. The number of nitrogens with one attached hydrogen (secondary N) is 2. The Hall–Kier alpha value is -0.230. The SMILES string of the molecule is CC1(CCCCCC(=O)N2CC[N+]3(CC2)CC[N+]2(CCNCC2)CC3)C(=CC=CC=CC=CC2=[N+](CS(=O)(=O)O)c3cc(I)c(I)c(I)c3C2(C)CCCCCC(=O)N2CC[N+]3(CC2)CC[N+]2(CCNCC2)CC3)N(CCCS(=O)(=O)O)c2cc(I)c(I)c(I)c21. The van der Waals surface area contributed by atoms with Crippen molar-refractivity contribution in [2.24, 2.45) is 0 Å². The number of unbranched alkanes of at least 4 members (excludes halogenated alkanes) is 4. The van der Waals surface area contributed by atoms with Gasteiger partial charge in [-0.3, -0.25) is 18.7 Å². The predicted octanol–water partition coefficient (Wildman–Crippen LogP) is 9.21. The number of hydrogen-bond acceptors (Lipinski definition) is 9. The topological polar surface area (TPSA) is 180 Å². The molecule has 0 bridgehead atoms. The van der Waals surface area contributed by atoms with Gasteiger partial charge < -0.3 is 43.3 Å². The van der Waals surface area contributed by atoms with Crippen molar-refractivity contribution in [3.8, 4) is 0 Å². The monoisotopic (exact) mass is 1970 g/mol. The standard InChI is InChI=1S/C65H93I6N10O8S2/c1-64(19-12-6-10-17-56(82)74-26-34-80(35-27-74)42-38-78(39-43-80)30-21-72-22-31-78)54(76(25-14-46-90(84,85)86)52-47-50(66)60(68)62(70)58(52)64)15-8-4-3-5-9-16-55-65(2,59-53(77(55)49-91(87,88)89)48-51(67)61(69)63(59)71)20-13-7-11-18-57(83)75-28-36-81(37-29-75)44-40-79(41-45-81)32-23-73-24-33-79/h3-5,8-9,15-16,47-48,72-73H,6-7,10-14,17-46,49H2,1-2H3/q+3/p+2. The molecule has 0 radical (unpaired) electrons. The largest absolute Gasteiger partial charge is 0.344 e. The summed E-state index contributed by atoms with van der Waals surface area (Å²) in [6.45, 7) is 31.8. The lowest BCUT2D eigenvalue weighted by Gasteiger charge is -2.53. The van der Waals surface area contributed by atoms with E-state index in [4.69, 9.17) is 0 Å². The molecule has 6 saturated heterocycles. The molecule has 4 spiro atoms. The molecular weight excluding hydrogens is 1870 g/mol. The molecule has 2 atom stereocenters. The van der Waals surface area contributed by atoms with Crippen molar-refractivity contribution in [1.29, 1.82) is 0 Å². The summed E-state index contributed by atoms with van der Waals surface area (Å²) in [5.74, 6) is -0.422. The maximum absolute atomic E-state index is 13.7. The third-order valence-corrected chi connectivity index (χ3v) is 33.8. The molecule has 8 heterocycles. The molecule has 0 saturated carbocycles. The van der Waals surface area contributed by atoms with Gasteiger partial charge in [0.1, 0.15) is 52.4 Å². The Balaban J connectivity index is 0.802. The molecule has 18 nitrogen and oxygen atoms in total. The molecule has 2 aromatic carbocycles. The maximum atomic E-state index is 13.7. The Morgan fingerprint density at radius 2 is 0.978 bits per heavy atom. The van der Waals surface area contributed by atoms with Crippen molar-refractivity contribution in [1.82, 2.24) is 20.4 Å². The van der Waals surface area contributed by atoms with Crippen molar-refractivity contribution >= 4 is 185 Å². The predicted molar refractivity (Wildman–Crippen MR) is 413 cm³/mol. The second-order valence-electron chi connectivity index (χ2n) is 27.7. The van der Waals surface area contributed by atoms with Crippen molar-refractivity contribution in [3.63, 3.8) is 0 Å². The molecule has 2 aromatic rings. The number of halogens is 6. The lowest BCUT2D eigenvalue weighted by molar-refractivity contribution is -1.03. The van der Waals surface area contributed by atoms with E-state index in [9.17, 15) is 35.5 Å². The van der Waals surface area contributed by atoms with Crippen LogP contribution in [0.1, 0.15) is 95.6 Å². The van der Waals surface area contributed by atoms with Gasteiger partial charge in [0, 0.05) is 101 Å². The van der Waals surface area contributed by atoms with Crippen LogP contribution in [0.3, 0.4) is 0 Å². The lowest BCUT2D eigenvalue weighted by Crippen LogP contribution is -2.73. The van der Waals surface area contributed by atoms with Crippen LogP contribution >= 0.6 is 136 Å². The van der Waals surface area contributed by atoms with Crippen LogP contribution in [0.5, 0.6) is 0 Å². The number of amides is 2. The van der Waals surface area contributed by atoms with E-state index < -0.39 is 36.9 Å². The maximum Gasteiger partial charge on any atom is 0.326 e. The fourth-order valence-corrected chi connectivity index (χ4v) is 22.8. The quantitative estimate of drug-likeness (QED) is 0.0168. The molecular formula is C65H95I6N10O8S2+5. The summed E-state index contributed by atoms with van der Waals surface area (Å²) in [7, 11) is -8.63. The second kappa shape index (κ2) is 31.1. The molecule has 0 aliphatic carbocycles. The van der Waals surface area contributed by atoms with Gasteiger partial charge in [0.2, 0.25) is 17.5 Å². The van der Waals surface area contributed by atoms with Crippen LogP contribution in [0, 0.1) is 21.4 Å². The van der Waals surface area contributed by atoms with Gasteiger partial charge in [-0.1, -0.05) is 56.1 Å². The lowest BCUT2D eigenvalue weighted by atomic mass is 9.75. The highest BCUT2D eigenvalue weighted by molar-refractivity contribution is 14.1. The summed E-state index contributed by atoms with van der Waals surface area (Å²) in [4.78, 5) is 33.9. The Morgan fingerprint density at radius 3 is 1.46 bits per heavy atom. The van der Waals surface area contributed by atoms with Gasteiger partial charge in [0.25, 0.3) is 16.0 Å². The van der Waals surface area contributed by atoms with Crippen LogP contribution in [0.4, 0.5) is 11.4 Å². The summed E-state index contributed by atoms with van der Waals surface area (Å²) in [5, 5.41) is 7.07. The zero-order valence-electron chi connectivity index (χ0n) is 53.1. The number of carbonyl (C=O) groups is 2. The normalized spacial score (nSPS) is 25.2. The molecule has 10 rings (SSSR count). The number of fused-ring (bicyclic) bond motifs is 2. The zero-order chi connectivity index (χ0) is 65.0. The molecule has 2 amide bonds. The van der Waals surface area contributed by atoms with E-state index in [1.807, 2.05) is 42.5 Å². The van der Waals surface area contributed by atoms with Gasteiger partial charge in [0.05, 0.1) is 95.3 Å². The van der Waals surface area contributed by atoms with Crippen molar-refractivity contribution in [2.45, 2.75) is 95.3 Å². The van der Waals surface area contributed by atoms with Crippen LogP contribution in [0.25, 0.3) is 0 Å². The summed E-state index contributed by atoms with van der Waals surface area (Å²) >= 11 is 14.4. The second-order valence-corrected chi connectivity index (χ2v) is 37.4. The molecule has 8 aliphatic heterocycles. The Morgan fingerprint density at radius 1 is 0.538 bits per heavy atom. The number of quaternary nitrogens is 4. The average molecular weight is 1970 g/mol. The van der Waals surface area contributed by atoms with Gasteiger partial charge in [-0.15, -0.1) is 0 Å². The van der Waals surface area contributed by atoms with E-state index in [1.165, 1.54) is 105 Å². The van der Waals surface area contributed by atoms with E-state index in [0.29, 0.717) is 25.8 Å². The molecule has 26 heteroatoms. The smallest absolute Gasteiger partial charge is 0.326 e. The number of piperazine rings is 6. The number of allylic oxidation sites excluding steroid dienone is 8. The summed E-state index contributed by atoms with van der Waals surface area (Å²) in [5.41, 5.74) is 4.83. The first-order chi connectivity index (χ1) is 43.2. The van der Waals surface area contributed by atoms with Gasteiger partial charge >= 0.3 is 10.1 Å². The minimum absolute atomic E-state index is 0.236. The van der Waals surface area contributed by atoms with Gasteiger partial charge in [0.15, 0.2) is 5.71 Å². The summed E-state index contributed by atoms with van der Waals surface area (Å²) in [6, 6.07) is 4.23. The minimum Gasteiger partial charge on any atom is -0.344 e. The number of benzene rings is 2. The molecule has 8 aliphatic rings. The Kier molecular flexibility index (Phi) is 25.1. The first-order valence-corrected chi connectivity index (χ1v) is 42.7. The first-order valence-electron chi connectivity index (χ1n) is 33.0. The van der Waals surface area contributed by atoms with Crippen molar-refractivity contribution < 1.29 is 58.0 Å². The van der Waals surface area contributed by atoms with Crippen LogP contribution in [-0.4, -0.2) is 251 Å². The molecule has 2 unspecified atom stereocenters. The Bertz CT molecular complexity index is 3410. The molecule has 0 aromatic heterocycles. The van der Waals surface area contributed by atoms with E-state index in [0.717, 1.165) is 171 Å². The minimum atomic E-state index is -4.45. The van der Waals surface area contributed by atoms with E-state index in [-0.39, 0.29) is 24.0 Å². The van der Waals surface area contributed by atoms with Gasteiger partial charge in [-0.25, -0.2) is 0 Å². The fraction of sp³-hybridized carbons (Fsp3) is 0.646.